The second kappa shape index (κ2) is 9.13. The quantitative estimate of drug-likeness (QED) is 0.218. The number of oxime groups is 1. The number of rotatable bonds is 8. The summed E-state index contributed by atoms with van der Waals surface area (Å²) in [5, 5.41) is 11.8. The monoisotopic (exact) mass is 259 g/mol. The Balaban J connectivity index is 2.11. The van der Waals surface area contributed by atoms with Crippen LogP contribution in [0.1, 0.15) is 19.3 Å². The van der Waals surface area contributed by atoms with Gasteiger partial charge in [-0.25, -0.2) is 0 Å². The number of methoxy groups -OCH3 is 1. The van der Waals surface area contributed by atoms with Crippen LogP contribution in [0.4, 0.5) is 0 Å². The minimum atomic E-state index is 0.178. The van der Waals surface area contributed by atoms with Gasteiger partial charge < -0.3 is 25.3 Å². The molecule has 1 atom stereocenters. The van der Waals surface area contributed by atoms with E-state index in [1.807, 2.05) is 0 Å². The van der Waals surface area contributed by atoms with E-state index in [-0.39, 0.29) is 5.92 Å². The summed E-state index contributed by atoms with van der Waals surface area (Å²) in [6, 6.07) is 0. The first-order valence-electron chi connectivity index (χ1n) is 6.54. The summed E-state index contributed by atoms with van der Waals surface area (Å²) in [4.78, 5) is 2.31. The zero-order valence-corrected chi connectivity index (χ0v) is 11.2. The van der Waals surface area contributed by atoms with E-state index in [4.69, 9.17) is 20.4 Å². The average Bonchev–Trinajstić information content (AvgIpc) is 2.42. The van der Waals surface area contributed by atoms with Crippen molar-refractivity contribution in [3.63, 3.8) is 0 Å². The van der Waals surface area contributed by atoms with Crippen molar-refractivity contribution >= 4 is 5.84 Å². The Hall–Kier alpha value is -0.850. The smallest absolute Gasteiger partial charge is 0.143 e. The van der Waals surface area contributed by atoms with E-state index in [0.717, 1.165) is 58.7 Å². The third kappa shape index (κ3) is 5.66. The van der Waals surface area contributed by atoms with Gasteiger partial charge in [-0.15, -0.1) is 0 Å². The molecule has 0 radical (unpaired) electrons. The Morgan fingerprint density at radius 1 is 1.44 bits per heavy atom. The predicted molar refractivity (Wildman–Crippen MR) is 69.9 cm³/mol. The van der Waals surface area contributed by atoms with Crippen LogP contribution in [0.5, 0.6) is 0 Å². The fourth-order valence-corrected chi connectivity index (χ4v) is 2.18. The molecule has 1 rings (SSSR count). The largest absolute Gasteiger partial charge is 0.409 e. The number of nitrogens with zero attached hydrogens (tertiary/aromatic N) is 2. The lowest BCUT2D eigenvalue weighted by Gasteiger charge is -2.31. The molecule has 0 saturated carbocycles. The van der Waals surface area contributed by atoms with Crippen molar-refractivity contribution in [1.29, 1.82) is 0 Å². The van der Waals surface area contributed by atoms with Crippen molar-refractivity contribution in [2.24, 2.45) is 16.8 Å². The summed E-state index contributed by atoms with van der Waals surface area (Å²) in [6.07, 6.45) is 3.02. The Morgan fingerprint density at radius 2 is 2.28 bits per heavy atom. The van der Waals surface area contributed by atoms with Gasteiger partial charge in [0.2, 0.25) is 0 Å². The van der Waals surface area contributed by atoms with E-state index in [0.29, 0.717) is 5.84 Å². The highest BCUT2D eigenvalue weighted by Gasteiger charge is 2.22. The molecule has 18 heavy (non-hydrogen) atoms. The van der Waals surface area contributed by atoms with Crippen LogP contribution in [-0.4, -0.2) is 62.5 Å². The van der Waals surface area contributed by atoms with Gasteiger partial charge in [-0.3, -0.25) is 0 Å². The van der Waals surface area contributed by atoms with Crippen LogP contribution in [0, 0.1) is 5.92 Å². The van der Waals surface area contributed by atoms with Crippen molar-refractivity contribution in [1.82, 2.24) is 4.90 Å². The van der Waals surface area contributed by atoms with Crippen molar-refractivity contribution in [3.05, 3.63) is 0 Å². The lowest BCUT2D eigenvalue weighted by atomic mass is 9.97. The van der Waals surface area contributed by atoms with Gasteiger partial charge in [0, 0.05) is 39.3 Å². The third-order valence-corrected chi connectivity index (χ3v) is 3.23. The van der Waals surface area contributed by atoms with Gasteiger partial charge in [0.1, 0.15) is 5.84 Å². The number of hydrogen-bond acceptors (Lipinski definition) is 5. The second-order valence-electron chi connectivity index (χ2n) is 4.62. The second-order valence-corrected chi connectivity index (χ2v) is 4.62. The van der Waals surface area contributed by atoms with E-state index in [2.05, 4.69) is 10.1 Å². The molecule has 0 aliphatic carbocycles. The maximum Gasteiger partial charge on any atom is 0.143 e. The van der Waals surface area contributed by atoms with Gasteiger partial charge in [0.25, 0.3) is 0 Å². The Bertz CT molecular complexity index is 249. The molecule has 1 aliphatic heterocycles. The fourth-order valence-electron chi connectivity index (χ4n) is 2.18. The van der Waals surface area contributed by atoms with Crippen molar-refractivity contribution < 1.29 is 14.7 Å². The van der Waals surface area contributed by atoms with Crippen LogP contribution < -0.4 is 5.73 Å². The van der Waals surface area contributed by atoms with Gasteiger partial charge in [-0.1, -0.05) is 5.16 Å². The molecule has 1 aliphatic rings. The van der Waals surface area contributed by atoms with Crippen molar-refractivity contribution in [2.75, 3.05) is 46.6 Å². The minimum Gasteiger partial charge on any atom is -0.409 e. The maximum absolute atomic E-state index is 8.68. The molecule has 0 bridgehead atoms. The van der Waals surface area contributed by atoms with E-state index in [9.17, 15) is 0 Å². The highest BCUT2D eigenvalue weighted by atomic mass is 16.5. The predicted octanol–water partition coefficient (Wildman–Crippen LogP) is 0.498. The Labute approximate surface area is 109 Å². The minimum absolute atomic E-state index is 0.178. The lowest BCUT2D eigenvalue weighted by molar-refractivity contribution is 0.0756. The molecular weight excluding hydrogens is 234 g/mol. The molecule has 1 heterocycles. The molecule has 1 fully saturated rings. The zero-order valence-electron chi connectivity index (χ0n) is 11.2. The molecule has 1 unspecified atom stereocenters. The van der Waals surface area contributed by atoms with Crippen molar-refractivity contribution in [2.45, 2.75) is 19.3 Å². The van der Waals surface area contributed by atoms with Crippen LogP contribution in [-0.2, 0) is 9.47 Å². The van der Waals surface area contributed by atoms with Crippen LogP contribution >= 0.6 is 0 Å². The van der Waals surface area contributed by atoms with Gasteiger partial charge in [0.05, 0.1) is 6.61 Å². The zero-order chi connectivity index (χ0) is 13.2. The summed E-state index contributed by atoms with van der Waals surface area (Å²) < 4.78 is 10.5. The molecule has 0 aromatic carbocycles. The Kier molecular flexibility index (Phi) is 7.71. The molecule has 0 spiro atoms. The number of amidine groups is 1. The summed E-state index contributed by atoms with van der Waals surface area (Å²) in [6.45, 7) is 5.05. The first-order valence-corrected chi connectivity index (χ1v) is 6.54. The molecule has 6 heteroatoms. The van der Waals surface area contributed by atoms with Gasteiger partial charge in [0.15, 0.2) is 0 Å². The molecule has 0 aromatic heterocycles. The number of likely N-dealkylation sites (tertiary alicyclic amines) is 1. The highest BCUT2D eigenvalue weighted by molar-refractivity contribution is 5.82. The van der Waals surface area contributed by atoms with Crippen LogP contribution in [0.2, 0.25) is 0 Å². The van der Waals surface area contributed by atoms with Crippen LogP contribution in [0.25, 0.3) is 0 Å². The van der Waals surface area contributed by atoms with Gasteiger partial charge in [-0.2, -0.15) is 0 Å². The summed E-state index contributed by atoms with van der Waals surface area (Å²) >= 11 is 0. The molecule has 1 saturated heterocycles. The summed E-state index contributed by atoms with van der Waals surface area (Å²) in [5.74, 6) is 0.526. The van der Waals surface area contributed by atoms with Gasteiger partial charge >= 0.3 is 0 Å². The fraction of sp³-hybridized carbons (Fsp3) is 0.917. The molecule has 3 N–H and O–H groups in total. The number of ether oxygens (including phenoxy) is 2. The summed E-state index contributed by atoms with van der Waals surface area (Å²) in [7, 11) is 1.70. The standard InChI is InChI=1S/C12H25N3O3/c1-17-7-3-8-18-9-6-15-5-2-4-11(10-15)12(13)14-16/h11,16H,2-10H2,1H3,(H2,13,14). The highest BCUT2D eigenvalue weighted by Crippen LogP contribution is 2.16. The Morgan fingerprint density at radius 3 is 3.00 bits per heavy atom. The van der Waals surface area contributed by atoms with E-state index in [1.54, 1.807) is 7.11 Å². The van der Waals surface area contributed by atoms with E-state index >= 15 is 0 Å². The number of nitrogens with two attached hydrogens (primary N) is 1. The number of hydrogen-bond donors (Lipinski definition) is 2. The average molecular weight is 259 g/mol. The topological polar surface area (TPSA) is 80.3 Å². The van der Waals surface area contributed by atoms with Crippen LogP contribution in [0.3, 0.4) is 0 Å². The maximum atomic E-state index is 8.68. The lowest BCUT2D eigenvalue weighted by Crippen LogP contribution is -2.42. The number of piperidine rings is 1. The van der Waals surface area contributed by atoms with Crippen LogP contribution in [0.15, 0.2) is 5.16 Å². The first kappa shape index (κ1) is 15.2. The normalized spacial score (nSPS) is 22.3. The molecule has 0 amide bonds. The molecular formula is C12H25N3O3. The first-order chi connectivity index (χ1) is 8.77. The molecule has 6 nitrogen and oxygen atoms in total. The summed E-state index contributed by atoms with van der Waals surface area (Å²) in [5.41, 5.74) is 5.65. The molecule has 0 aromatic rings. The van der Waals surface area contributed by atoms with E-state index < -0.39 is 0 Å². The SMILES string of the molecule is COCCCOCCN1CCCC(C(N)=NO)C1. The molecule has 106 valence electrons. The van der Waals surface area contributed by atoms with Gasteiger partial charge in [-0.05, 0) is 25.8 Å². The van der Waals surface area contributed by atoms with E-state index in [1.165, 1.54) is 0 Å². The third-order valence-electron chi connectivity index (χ3n) is 3.23. The van der Waals surface area contributed by atoms with Crippen molar-refractivity contribution in [3.8, 4) is 0 Å².